The summed E-state index contributed by atoms with van der Waals surface area (Å²) < 4.78 is 6.91. The van der Waals surface area contributed by atoms with E-state index in [2.05, 4.69) is 20.3 Å². The third-order valence-corrected chi connectivity index (χ3v) is 5.03. The molecule has 0 spiro atoms. The fraction of sp³-hybridized carbons (Fsp3) is 0.368. The fourth-order valence-electron chi connectivity index (χ4n) is 3.64. The van der Waals surface area contributed by atoms with Gasteiger partial charge < -0.3 is 15.8 Å². The summed E-state index contributed by atoms with van der Waals surface area (Å²) in [5, 5.41) is 4.16. The van der Waals surface area contributed by atoms with Gasteiger partial charge in [0.15, 0.2) is 0 Å². The minimum Gasteiger partial charge on any atom is -0.481 e. The second-order valence-corrected chi connectivity index (χ2v) is 6.71. The number of anilines is 1. The SMILES string of the molecule is COc1ccc(-c2cc3c(C)nc(N)nc3n(C3CCNCC3)c2=O)cn1. The Labute approximate surface area is 156 Å². The lowest BCUT2D eigenvalue weighted by molar-refractivity contribution is 0.368. The number of nitrogens with zero attached hydrogens (tertiary/aromatic N) is 4. The smallest absolute Gasteiger partial charge is 0.260 e. The molecule has 3 N–H and O–H groups in total. The van der Waals surface area contributed by atoms with E-state index in [1.807, 2.05) is 19.1 Å². The van der Waals surface area contributed by atoms with Gasteiger partial charge in [-0.15, -0.1) is 0 Å². The lowest BCUT2D eigenvalue weighted by Crippen LogP contribution is -2.35. The molecule has 3 aromatic rings. The number of nitrogen functional groups attached to an aromatic ring is 1. The van der Waals surface area contributed by atoms with Crippen molar-refractivity contribution in [1.82, 2.24) is 24.8 Å². The molecule has 8 heteroatoms. The van der Waals surface area contributed by atoms with E-state index in [1.54, 1.807) is 23.9 Å². The maximum absolute atomic E-state index is 13.4. The van der Waals surface area contributed by atoms with Crippen LogP contribution in [-0.4, -0.2) is 39.7 Å². The van der Waals surface area contributed by atoms with Gasteiger partial charge in [-0.3, -0.25) is 9.36 Å². The van der Waals surface area contributed by atoms with Gasteiger partial charge in [0, 0.05) is 34.8 Å². The molecule has 0 atom stereocenters. The highest BCUT2D eigenvalue weighted by Crippen LogP contribution is 2.27. The molecule has 0 aromatic carbocycles. The number of methoxy groups -OCH3 is 1. The molecule has 0 saturated carbocycles. The lowest BCUT2D eigenvalue weighted by Gasteiger charge is -2.26. The molecule has 27 heavy (non-hydrogen) atoms. The van der Waals surface area contributed by atoms with E-state index in [0.29, 0.717) is 17.1 Å². The van der Waals surface area contributed by atoms with Crippen molar-refractivity contribution < 1.29 is 4.74 Å². The van der Waals surface area contributed by atoms with Crippen molar-refractivity contribution in [2.75, 3.05) is 25.9 Å². The van der Waals surface area contributed by atoms with Crippen molar-refractivity contribution in [3.05, 3.63) is 40.4 Å². The Balaban J connectivity index is 1.99. The van der Waals surface area contributed by atoms with Crippen LogP contribution in [-0.2, 0) is 0 Å². The molecular weight excluding hydrogens is 344 g/mol. The number of fused-ring (bicyclic) bond motifs is 1. The summed E-state index contributed by atoms with van der Waals surface area (Å²) in [4.78, 5) is 26.4. The zero-order valence-corrected chi connectivity index (χ0v) is 15.4. The van der Waals surface area contributed by atoms with Crippen LogP contribution in [0, 0.1) is 6.92 Å². The van der Waals surface area contributed by atoms with E-state index >= 15 is 0 Å². The Morgan fingerprint density at radius 1 is 1.26 bits per heavy atom. The topological polar surface area (TPSA) is 108 Å². The van der Waals surface area contributed by atoms with Crippen LogP contribution in [0.3, 0.4) is 0 Å². The number of rotatable bonds is 3. The number of hydrogen-bond donors (Lipinski definition) is 2. The Kier molecular flexibility index (Phi) is 4.49. The highest BCUT2D eigenvalue weighted by atomic mass is 16.5. The van der Waals surface area contributed by atoms with Gasteiger partial charge in [0.25, 0.3) is 5.56 Å². The molecule has 3 aromatic heterocycles. The van der Waals surface area contributed by atoms with Crippen LogP contribution in [0.25, 0.3) is 22.2 Å². The zero-order chi connectivity index (χ0) is 19.0. The van der Waals surface area contributed by atoms with Crippen LogP contribution in [0.15, 0.2) is 29.2 Å². The number of aromatic nitrogens is 4. The van der Waals surface area contributed by atoms with E-state index in [4.69, 9.17) is 10.5 Å². The molecule has 0 amide bonds. The van der Waals surface area contributed by atoms with Gasteiger partial charge in [0.2, 0.25) is 11.8 Å². The van der Waals surface area contributed by atoms with Crippen LogP contribution >= 0.6 is 0 Å². The van der Waals surface area contributed by atoms with Gasteiger partial charge in [-0.2, -0.15) is 4.98 Å². The van der Waals surface area contributed by atoms with Gasteiger partial charge >= 0.3 is 0 Å². The normalized spacial score (nSPS) is 15.2. The molecule has 140 valence electrons. The summed E-state index contributed by atoms with van der Waals surface area (Å²) >= 11 is 0. The number of nitrogens with one attached hydrogen (secondary N) is 1. The maximum Gasteiger partial charge on any atom is 0.260 e. The molecule has 4 rings (SSSR count). The van der Waals surface area contributed by atoms with Gasteiger partial charge in [-0.25, -0.2) is 9.97 Å². The zero-order valence-electron chi connectivity index (χ0n) is 15.4. The van der Waals surface area contributed by atoms with Crippen LogP contribution in [0.5, 0.6) is 5.88 Å². The Morgan fingerprint density at radius 2 is 2.04 bits per heavy atom. The Bertz CT molecular complexity index is 1040. The first-order valence-electron chi connectivity index (χ1n) is 8.99. The van der Waals surface area contributed by atoms with E-state index in [1.165, 1.54) is 0 Å². The number of hydrogen-bond acceptors (Lipinski definition) is 7. The highest BCUT2D eigenvalue weighted by Gasteiger charge is 2.22. The van der Waals surface area contributed by atoms with E-state index < -0.39 is 0 Å². The quantitative estimate of drug-likeness (QED) is 0.726. The van der Waals surface area contributed by atoms with E-state index in [0.717, 1.165) is 42.6 Å². The minimum absolute atomic E-state index is 0.0705. The van der Waals surface area contributed by atoms with Gasteiger partial charge in [-0.1, -0.05) is 0 Å². The molecule has 1 fully saturated rings. The molecule has 1 saturated heterocycles. The third-order valence-electron chi connectivity index (χ3n) is 5.03. The first-order chi connectivity index (χ1) is 13.1. The third kappa shape index (κ3) is 3.12. The molecule has 8 nitrogen and oxygen atoms in total. The molecule has 0 unspecified atom stereocenters. The lowest BCUT2D eigenvalue weighted by atomic mass is 10.0. The summed E-state index contributed by atoms with van der Waals surface area (Å²) in [5.41, 5.74) is 8.46. The van der Waals surface area contributed by atoms with E-state index in [9.17, 15) is 4.79 Å². The summed E-state index contributed by atoms with van der Waals surface area (Å²) in [6.07, 6.45) is 3.38. The number of piperidine rings is 1. The second kappa shape index (κ2) is 6.96. The van der Waals surface area contributed by atoms with Crippen LogP contribution in [0.2, 0.25) is 0 Å². The monoisotopic (exact) mass is 366 g/mol. The van der Waals surface area contributed by atoms with Gasteiger partial charge in [-0.05, 0) is 45.0 Å². The predicted octanol–water partition coefficient (Wildman–Crippen LogP) is 1.68. The van der Waals surface area contributed by atoms with Crippen molar-refractivity contribution in [1.29, 1.82) is 0 Å². The number of ether oxygens (including phenoxy) is 1. The summed E-state index contributed by atoms with van der Waals surface area (Å²) in [6, 6.07) is 5.50. The number of aryl methyl sites for hydroxylation is 1. The summed E-state index contributed by atoms with van der Waals surface area (Å²) in [5.74, 6) is 0.687. The summed E-state index contributed by atoms with van der Waals surface area (Å²) in [7, 11) is 1.56. The molecule has 0 aliphatic carbocycles. The largest absolute Gasteiger partial charge is 0.481 e. The standard InChI is InChI=1S/C19H22N6O2/c1-11-14-9-15(12-3-4-16(27-2)22-10-12)18(26)25(13-5-7-21-8-6-13)17(14)24-19(20)23-11/h3-4,9-10,13,21H,5-8H2,1-2H3,(H2,20,23,24). The first kappa shape index (κ1) is 17.4. The summed E-state index contributed by atoms with van der Waals surface area (Å²) in [6.45, 7) is 3.62. The number of nitrogens with two attached hydrogens (primary N) is 1. The van der Waals surface area contributed by atoms with Crippen molar-refractivity contribution in [2.24, 2.45) is 0 Å². The molecule has 1 aliphatic heterocycles. The maximum atomic E-state index is 13.4. The van der Waals surface area contributed by atoms with Gasteiger partial charge in [0.05, 0.1) is 12.8 Å². The van der Waals surface area contributed by atoms with Crippen molar-refractivity contribution >= 4 is 17.0 Å². The fourth-order valence-corrected chi connectivity index (χ4v) is 3.64. The minimum atomic E-state index is -0.0844. The van der Waals surface area contributed by atoms with Gasteiger partial charge in [0.1, 0.15) is 5.65 Å². The van der Waals surface area contributed by atoms with Crippen molar-refractivity contribution in [2.45, 2.75) is 25.8 Å². The van der Waals surface area contributed by atoms with Crippen LogP contribution in [0.1, 0.15) is 24.6 Å². The Morgan fingerprint density at radius 3 is 2.70 bits per heavy atom. The molecule has 0 bridgehead atoms. The number of pyridine rings is 2. The first-order valence-corrected chi connectivity index (χ1v) is 8.99. The second-order valence-electron chi connectivity index (χ2n) is 6.71. The Hall–Kier alpha value is -3.00. The average molecular weight is 366 g/mol. The molecule has 4 heterocycles. The molecule has 1 aliphatic rings. The highest BCUT2D eigenvalue weighted by molar-refractivity contribution is 5.84. The van der Waals surface area contributed by atoms with Crippen LogP contribution in [0.4, 0.5) is 5.95 Å². The molecule has 0 radical (unpaired) electrons. The predicted molar refractivity (Wildman–Crippen MR) is 104 cm³/mol. The average Bonchev–Trinajstić information content (AvgIpc) is 2.68. The molecular formula is C19H22N6O2. The van der Waals surface area contributed by atoms with Crippen LogP contribution < -0.4 is 21.3 Å². The van der Waals surface area contributed by atoms with Crippen molar-refractivity contribution in [3.8, 4) is 17.0 Å². The van der Waals surface area contributed by atoms with Crippen molar-refractivity contribution in [3.63, 3.8) is 0 Å². The van der Waals surface area contributed by atoms with E-state index in [-0.39, 0.29) is 17.5 Å².